The lowest BCUT2D eigenvalue weighted by molar-refractivity contribution is 0.0740. The zero-order valence-electron chi connectivity index (χ0n) is 5.93. The van der Waals surface area contributed by atoms with Crippen LogP contribution >= 0.6 is 22.6 Å². The van der Waals surface area contributed by atoms with Crippen LogP contribution < -0.4 is 5.32 Å². The van der Waals surface area contributed by atoms with E-state index in [9.17, 15) is 9.59 Å². The Kier molecular flexibility index (Phi) is 5.90. The molecule has 0 fully saturated rings. The van der Waals surface area contributed by atoms with Gasteiger partial charge in [-0.25, -0.2) is 4.79 Å². The second kappa shape index (κ2) is 6.20. The normalized spacial score (nSPS) is 8.55. The fourth-order valence-corrected chi connectivity index (χ4v) is 0.612. The van der Waals surface area contributed by atoms with E-state index in [-0.39, 0.29) is 10.5 Å². The first-order chi connectivity index (χ1) is 5.16. The molecule has 0 aliphatic heterocycles. The van der Waals surface area contributed by atoms with Crippen LogP contribution in [0.25, 0.3) is 0 Å². The third-order valence-electron chi connectivity index (χ3n) is 0.753. The van der Waals surface area contributed by atoms with Crippen LogP contribution in [-0.2, 0) is 9.47 Å². The Labute approximate surface area is 77.6 Å². The average molecular weight is 273 g/mol. The molecule has 0 unspecified atom stereocenters. The quantitative estimate of drug-likeness (QED) is 0.273. The van der Waals surface area contributed by atoms with Crippen molar-refractivity contribution in [3.8, 4) is 0 Å². The third kappa shape index (κ3) is 7.37. The number of carbonyl (C=O) groups is 2. The van der Waals surface area contributed by atoms with E-state index in [2.05, 4.69) is 14.8 Å². The maximum Gasteiger partial charge on any atom is 0.508 e. The van der Waals surface area contributed by atoms with Crippen molar-refractivity contribution in [2.75, 3.05) is 20.3 Å². The molecule has 1 N–H and O–H groups in total. The molecule has 6 heteroatoms. The number of carbonyl (C=O) groups excluding carboxylic acids is 2. The van der Waals surface area contributed by atoms with Crippen molar-refractivity contribution in [3.63, 3.8) is 0 Å². The predicted octanol–water partition coefficient (Wildman–Crippen LogP) is 0.914. The van der Waals surface area contributed by atoms with Crippen molar-refractivity contribution >= 4 is 32.7 Å². The molecular formula is C5H8INO4. The summed E-state index contributed by atoms with van der Waals surface area (Å²) in [6, 6.07) is 0. The van der Waals surface area contributed by atoms with Crippen LogP contribution in [0.3, 0.4) is 0 Å². The Morgan fingerprint density at radius 3 is 2.64 bits per heavy atom. The Morgan fingerprint density at radius 1 is 1.55 bits per heavy atom. The summed E-state index contributed by atoms with van der Waals surface area (Å²) in [6.07, 6.45) is -0.743. The standard InChI is InChI=1S/C5H8INO4/c1-10-5(9)11-3-2-7-4(6)8/h2-3H2,1H3,(H,7,8). The van der Waals surface area contributed by atoms with Gasteiger partial charge in [0.05, 0.1) is 13.7 Å². The van der Waals surface area contributed by atoms with E-state index >= 15 is 0 Å². The van der Waals surface area contributed by atoms with Crippen LogP contribution in [-0.4, -0.2) is 30.3 Å². The largest absolute Gasteiger partial charge is 0.508 e. The summed E-state index contributed by atoms with van der Waals surface area (Å²) in [4.78, 5) is 20.6. The van der Waals surface area contributed by atoms with E-state index in [1.165, 1.54) is 7.11 Å². The zero-order chi connectivity index (χ0) is 8.69. The Balaban J connectivity index is 3.14. The molecule has 0 saturated heterocycles. The van der Waals surface area contributed by atoms with Crippen LogP contribution in [0.4, 0.5) is 9.59 Å². The van der Waals surface area contributed by atoms with Crippen molar-refractivity contribution in [1.29, 1.82) is 0 Å². The van der Waals surface area contributed by atoms with Gasteiger partial charge in [0.25, 0.3) is 3.91 Å². The molecular weight excluding hydrogens is 265 g/mol. The summed E-state index contributed by atoms with van der Waals surface area (Å²) in [5, 5.41) is 2.44. The molecule has 0 bridgehead atoms. The van der Waals surface area contributed by atoms with Gasteiger partial charge in [-0.1, -0.05) is 0 Å². The highest BCUT2D eigenvalue weighted by molar-refractivity contribution is 14.1. The Bertz CT molecular complexity index is 149. The summed E-state index contributed by atoms with van der Waals surface area (Å²) in [6.45, 7) is 0.429. The Hall–Kier alpha value is -0.530. The molecule has 0 aromatic heterocycles. The molecule has 11 heavy (non-hydrogen) atoms. The monoisotopic (exact) mass is 273 g/mol. The highest BCUT2D eigenvalue weighted by Crippen LogP contribution is 1.83. The van der Waals surface area contributed by atoms with Crippen molar-refractivity contribution < 1.29 is 19.1 Å². The van der Waals surface area contributed by atoms with E-state index in [4.69, 9.17) is 0 Å². The fourth-order valence-electron chi connectivity index (χ4n) is 0.343. The van der Waals surface area contributed by atoms with Gasteiger partial charge < -0.3 is 14.8 Å². The van der Waals surface area contributed by atoms with Crippen molar-refractivity contribution in [1.82, 2.24) is 5.32 Å². The van der Waals surface area contributed by atoms with Crippen LogP contribution in [0.5, 0.6) is 0 Å². The maximum absolute atomic E-state index is 10.3. The Morgan fingerprint density at radius 2 is 2.18 bits per heavy atom. The minimum atomic E-state index is -0.743. The fraction of sp³-hybridized carbons (Fsp3) is 0.600. The molecule has 0 rings (SSSR count). The molecule has 0 radical (unpaired) electrons. The van der Waals surface area contributed by atoms with Crippen molar-refractivity contribution in [3.05, 3.63) is 0 Å². The smallest absolute Gasteiger partial charge is 0.438 e. The van der Waals surface area contributed by atoms with Gasteiger partial charge in [0.15, 0.2) is 0 Å². The first kappa shape index (κ1) is 10.5. The van der Waals surface area contributed by atoms with Gasteiger partial charge >= 0.3 is 6.16 Å². The molecule has 0 aliphatic carbocycles. The minimum Gasteiger partial charge on any atom is -0.438 e. The lowest BCUT2D eigenvalue weighted by Crippen LogP contribution is -2.22. The van der Waals surface area contributed by atoms with E-state index in [1.807, 2.05) is 0 Å². The number of hydrogen-bond acceptors (Lipinski definition) is 4. The molecule has 64 valence electrons. The number of amides is 1. The van der Waals surface area contributed by atoms with E-state index < -0.39 is 6.16 Å². The zero-order valence-corrected chi connectivity index (χ0v) is 8.08. The van der Waals surface area contributed by atoms with Gasteiger partial charge in [0.1, 0.15) is 6.61 Å². The van der Waals surface area contributed by atoms with Gasteiger partial charge in [-0.2, -0.15) is 0 Å². The number of methoxy groups -OCH3 is 1. The van der Waals surface area contributed by atoms with Crippen molar-refractivity contribution in [2.24, 2.45) is 0 Å². The molecule has 0 aromatic rings. The van der Waals surface area contributed by atoms with Crippen LogP contribution in [0.15, 0.2) is 0 Å². The summed E-state index contributed by atoms with van der Waals surface area (Å²) < 4.78 is 8.46. The third-order valence-corrected chi connectivity index (χ3v) is 1.13. The summed E-state index contributed by atoms with van der Waals surface area (Å²) >= 11 is 1.59. The van der Waals surface area contributed by atoms with Crippen LogP contribution in [0, 0.1) is 0 Å². The molecule has 1 amide bonds. The topological polar surface area (TPSA) is 64.6 Å². The number of halogens is 1. The molecule has 5 nitrogen and oxygen atoms in total. The average Bonchev–Trinajstić information content (AvgIpc) is 1.97. The summed E-state index contributed by atoms with van der Waals surface area (Å²) in [7, 11) is 1.22. The SMILES string of the molecule is COC(=O)OCCNC(=O)I. The molecule has 0 heterocycles. The van der Waals surface area contributed by atoms with E-state index in [0.717, 1.165) is 0 Å². The van der Waals surface area contributed by atoms with Gasteiger partial charge in [0.2, 0.25) is 0 Å². The first-order valence-electron chi connectivity index (χ1n) is 2.81. The predicted molar refractivity (Wildman–Crippen MR) is 45.8 cm³/mol. The lowest BCUT2D eigenvalue weighted by atomic mass is 10.7. The highest BCUT2D eigenvalue weighted by atomic mass is 127. The summed E-state index contributed by atoms with van der Waals surface area (Å²) in [5.74, 6) is 0. The molecule has 0 spiro atoms. The number of rotatable bonds is 3. The van der Waals surface area contributed by atoms with Crippen LogP contribution in [0.1, 0.15) is 0 Å². The van der Waals surface area contributed by atoms with Crippen molar-refractivity contribution in [2.45, 2.75) is 0 Å². The lowest BCUT2D eigenvalue weighted by Gasteiger charge is -2.01. The number of nitrogens with one attached hydrogen (secondary N) is 1. The van der Waals surface area contributed by atoms with Crippen LogP contribution in [0.2, 0.25) is 0 Å². The molecule has 0 atom stereocenters. The second-order valence-electron chi connectivity index (χ2n) is 1.50. The van der Waals surface area contributed by atoms with E-state index in [0.29, 0.717) is 6.54 Å². The highest BCUT2D eigenvalue weighted by Gasteiger charge is 1.98. The number of hydrogen-bond donors (Lipinski definition) is 1. The van der Waals surface area contributed by atoms with Gasteiger partial charge in [-0.3, -0.25) is 4.79 Å². The molecule has 0 aromatic carbocycles. The molecule has 0 saturated carbocycles. The second-order valence-corrected chi connectivity index (χ2v) is 2.48. The van der Waals surface area contributed by atoms with Gasteiger partial charge in [-0.15, -0.1) is 0 Å². The summed E-state index contributed by atoms with van der Waals surface area (Å²) in [5.41, 5.74) is 0. The maximum atomic E-state index is 10.3. The van der Waals surface area contributed by atoms with E-state index in [1.54, 1.807) is 22.6 Å². The van der Waals surface area contributed by atoms with Gasteiger partial charge in [0, 0.05) is 22.6 Å². The number of ether oxygens (including phenoxy) is 2. The molecule has 0 aliphatic rings. The van der Waals surface area contributed by atoms with Gasteiger partial charge in [-0.05, 0) is 0 Å². The minimum absolute atomic E-state index is 0.126. The first-order valence-corrected chi connectivity index (χ1v) is 3.88.